The van der Waals surface area contributed by atoms with Crippen LogP contribution < -0.4 is 0 Å². The van der Waals surface area contributed by atoms with Crippen LogP contribution in [0.4, 0.5) is 0 Å². The van der Waals surface area contributed by atoms with Gasteiger partial charge in [-0.25, -0.2) is 0 Å². The third-order valence-corrected chi connectivity index (χ3v) is 4.05. The first-order valence-corrected chi connectivity index (χ1v) is 6.06. The smallest absolute Gasteiger partial charge is 0.0142 e. The van der Waals surface area contributed by atoms with Gasteiger partial charge in [-0.1, -0.05) is 15.7 Å². The normalized spacial score (nSPS) is 9.25. The van der Waals surface area contributed by atoms with Crippen molar-refractivity contribution in [3.63, 3.8) is 0 Å². The van der Waals surface area contributed by atoms with Gasteiger partial charge in [0, 0.05) is 0 Å². The fraction of sp³-hybridized carbons (Fsp3) is 0. The molecule has 0 nitrogen and oxygen atoms in total. The molecule has 0 aliphatic rings. The van der Waals surface area contributed by atoms with E-state index in [1.165, 1.54) is 0 Å². The molecule has 0 spiro atoms. The van der Waals surface area contributed by atoms with E-state index < -0.39 is 0 Å². The number of rotatable bonds is 0. The lowest BCUT2D eigenvalue weighted by Crippen LogP contribution is -0.505. The van der Waals surface area contributed by atoms with Gasteiger partial charge in [0.25, 0.3) is 0 Å². The number of hydrogen-bond acceptors (Lipinski definition) is 0. The molecule has 0 aromatic heterocycles. The summed E-state index contributed by atoms with van der Waals surface area (Å²) in [6, 6.07) is 0. The third kappa shape index (κ3) is 3.25. The van der Waals surface area contributed by atoms with E-state index in [2.05, 4.69) is 20.8 Å². The van der Waals surface area contributed by atoms with Crippen LogP contribution in [0.5, 0.6) is 0 Å². The first-order chi connectivity index (χ1) is 1.91. The Morgan fingerprint density at radius 2 is 2.25 bits per heavy atom. The Hall–Kier alpha value is 1.25. The van der Waals surface area contributed by atoms with Gasteiger partial charge in [0.1, 0.15) is 0 Å². The highest BCUT2D eigenvalue weighted by Gasteiger charge is 1.25. The van der Waals surface area contributed by atoms with Crippen LogP contribution in [0, 0.1) is 0 Å². The molecule has 0 N–H and O–H groups in total. The average Bonchev–Trinajstić information content (AvgIpc) is 1.37. The lowest BCUT2D eigenvalue weighted by molar-refractivity contribution is 5.73. The average molecular weight is 128 g/mol. The molecule has 0 heterocycles. The molecule has 0 aromatic carbocycles. The third-order valence-electron chi connectivity index (χ3n) is 0.0500. The SMILES string of the molecule is P=[PH]=PS. The summed E-state index contributed by atoms with van der Waals surface area (Å²) < 4.78 is 0. The second-order valence-electron chi connectivity index (χ2n) is 0.212. The largest absolute Gasteiger partial charge is 0.115 e. The lowest BCUT2D eigenvalue weighted by atomic mass is 29.8. The fourth-order valence-corrected chi connectivity index (χ4v) is 0. The van der Waals surface area contributed by atoms with E-state index >= 15 is 0 Å². The summed E-state index contributed by atoms with van der Waals surface area (Å²) >= 11 is 3.86. The predicted octanol–water partition coefficient (Wildman–Crippen LogP) is 2.43. The minimum Gasteiger partial charge on any atom is -0.115 e. The molecule has 0 saturated carbocycles. The molecular weight excluding hydrogens is 125 g/mol. The first-order valence-electron chi connectivity index (χ1n) is 0.674. The summed E-state index contributed by atoms with van der Waals surface area (Å²) in [4.78, 5) is 0. The maximum atomic E-state index is 3.86. The zero-order valence-electron chi connectivity index (χ0n) is 1.89. The Balaban J connectivity index is 3.11. The van der Waals surface area contributed by atoms with Gasteiger partial charge in [-0.15, -0.1) is 12.2 Å². The molecule has 0 rings (SSSR count). The van der Waals surface area contributed by atoms with Gasteiger partial charge in [0.2, 0.25) is 0 Å². The highest BCUT2D eigenvalue weighted by molar-refractivity contribution is 8.47. The summed E-state index contributed by atoms with van der Waals surface area (Å²) in [5.74, 6) is 0. The second kappa shape index (κ2) is 4.25. The minimum atomic E-state index is 0.782. The molecule has 0 aliphatic carbocycles. The lowest BCUT2D eigenvalue weighted by Gasteiger charge is -1.37. The molecule has 0 aliphatic heterocycles. The van der Waals surface area contributed by atoms with Gasteiger partial charge in [0.15, 0.2) is 0 Å². The number of hydrogen-bond donors (Lipinski definition) is 1. The van der Waals surface area contributed by atoms with Crippen LogP contribution in [0.25, 0.3) is 0 Å². The molecule has 0 saturated heterocycles. The minimum absolute atomic E-state index is 0.782. The van der Waals surface area contributed by atoms with Crippen LogP contribution in [-0.2, 0) is 0 Å². The molecule has 0 bridgehead atoms. The van der Waals surface area contributed by atoms with Gasteiger partial charge in [0.05, 0.1) is 0 Å². The summed E-state index contributed by atoms with van der Waals surface area (Å²) in [7, 11) is 5.14. The van der Waals surface area contributed by atoms with Gasteiger partial charge in [-0.3, -0.25) is 0 Å². The molecule has 24 valence electrons. The Labute approximate surface area is 35.6 Å². The maximum absolute atomic E-state index is 3.86. The van der Waals surface area contributed by atoms with Crippen molar-refractivity contribution < 1.29 is 0 Å². The molecule has 4 heavy (non-hydrogen) atoms. The van der Waals surface area contributed by atoms with Gasteiger partial charge < -0.3 is 0 Å². The Morgan fingerprint density at radius 3 is 2.25 bits per heavy atom. The summed E-state index contributed by atoms with van der Waals surface area (Å²) in [5, 5.41) is 0. The molecule has 1 unspecified atom stereocenters. The molecule has 0 aromatic rings. The highest BCUT2D eigenvalue weighted by atomic mass is 32.8. The van der Waals surface area contributed by atoms with E-state index in [1.54, 1.807) is 0 Å². The van der Waals surface area contributed by atoms with E-state index in [4.69, 9.17) is 0 Å². The van der Waals surface area contributed by atoms with Crippen LogP contribution >= 0.6 is 35.0 Å². The van der Waals surface area contributed by atoms with Crippen molar-refractivity contribution in [2.45, 2.75) is 0 Å². The van der Waals surface area contributed by atoms with Crippen LogP contribution in [0.15, 0.2) is 0 Å². The van der Waals surface area contributed by atoms with E-state index in [0.29, 0.717) is 0 Å². The fourth-order valence-electron chi connectivity index (χ4n) is 0. The molecular formula is H3P3S. The standard InChI is InChI=1S/H3P3S/c1-2-3-4/h1-2,4H. The predicted molar refractivity (Wildman–Crippen MR) is 32.5 cm³/mol. The van der Waals surface area contributed by atoms with Gasteiger partial charge >= 0.3 is 0 Å². The molecule has 0 radical (unpaired) electrons. The highest BCUT2D eigenvalue weighted by Crippen LogP contribution is 2.12. The second-order valence-corrected chi connectivity index (χ2v) is 5.72. The first kappa shape index (κ1) is 5.25. The van der Waals surface area contributed by atoms with Gasteiger partial charge in [-0.2, -0.15) is 0 Å². The van der Waals surface area contributed by atoms with Crippen molar-refractivity contribution in [3.8, 4) is 0 Å². The summed E-state index contributed by atoms with van der Waals surface area (Å²) in [5.41, 5.74) is 0. The van der Waals surface area contributed by atoms with Crippen molar-refractivity contribution in [3.05, 3.63) is 0 Å². The summed E-state index contributed by atoms with van der Waals surface area (Å²) in [6.07, 6.45) is 0. The quantitative estimate of drug-likeness (QED) is 0.376. The molecule has 0 fully saturated rings. The van der Waals surface area contributed by atoms with Crippen molar-refractivity contribution in [1.29, 1.82) is 0 Å². The Kier molecular flexibility index (Phi) is 5.58. The monoisotopic (exact) mass is 128 g/mol. The zero-order chi connectivity index (χ0) is 3.41. The summed E-state index contributed by atoms with van der Waals surface area (Å²) in [6.45, 7) is 0. The van der Waals surface area contributed by atoms with E-state index in [-0.39, 0.29) is 0 Å². The topological polar surface area (TPSA) is 0 Å². The van der Waals surface area contributed by atoms with E-state index in [9.17, 15) is 0 Å². The number of thiol groups is 1. The van der Waals surface area contributed by atoms with Crippen molar-refractivity contribution in [2.24, 2.45) is 0 Å². The molecule has 0 amide bonds. The molecule has 1 atom stereocenters. The Bertz CT molecular complexity index is 41.2. The zero-order valence-corrected chi connectivity index (χ0v) is 5.68. The van der Waals surface area contributed by atoms with Crippen LogP contribution in [0.3, 0.4) is 0 Å². The molecule has 4 heteroatoms. The van der Waals surface area contributed by atoms with E-state index in [0.717, 1.165) is 14.2 Å². The Morgan fingerprint density at radius 1 is 2.00 bits per heavy atom. The maximum Gasteiger partial charge on any atom is -0.0142 e. The van der Waals surface area contributed by atoms with Gasteiger partial charge in [-0.05, 0) is 7.07 Å². The van der Waals surface area contributed by atoms with Crippen molar-refractivity contribution in [2.75, 3.05) is 0 Å². The van der Waals surface area contributed by atoms with Crippen LogP contribution in [0.2, 0.25) is 0 Å². The van der Waals surface area contributed by atoms with Crippen LogP contribution in [0.1, 0.15) is 0 Å². The van der Waals surface area contributed by atoms with Crippen molar-refractivity contribution >= 4 is 35.0 Å². The van der Waals surface area contributed by atoms with E-state index in [1.807, 2.05) is 0 Å². The van der Waals surface area contributed by atoms with Crippen LogP contribution in [-0.4, -0.2) is 0 Å². The van der Waals surface area contributed by atoms with Crippen molar-refractivity contribution in [1.82, 2.24) is 0 Å².